The molecule has 10 heteroatoms. The molecule has 5 rings (SSSR count). The lowest BCUT2D eigenvalue weighted by Gasteiger charge is -2.43. The van der Waals surface area contributed by atoms with E-state index in [-0.39, 0.29) is 50.2 Å². The van der Waals surface area contributed by atoms with Crippen LogP contribution in [0.25, 0.3) is 0 Å². The van der Waals surface area contributed by atoms with Crippen LogP contribution in [-0.2, 0) is 43.6 Å². The Kier molecular flexibility index (Phi) is 18.7. The van der Waals surface area contributed by atoms with E-state index in [9.17, 15) is 19.5 Å². The van der Waals surface area contributed by atoms with Crippen LogP contribution in [0.2, 0.25) is 0 Å². The van der Waals surface area contributed by atoms with Gasteiger partial charge in [0.1, 0.15) is 12.6 Å². The molecular formula is C48H67N3O7. The summed E-state index contributed by atoms with van der Waals surface area (Å²) in [4.78, 5) is 42.4. The van der Waals surface area contributed by atoms with Crippen molar-refractivity contribution in [3.8, 4) is 0 Å². The Morgan fingerprint density at radius 2 is 1.34 bits per heavy atom. The molecule has 0 aliphatic carbocycles. The van der Waals surface area contributed by atoms with Crippen LogP contribution in [0.5, 0.6) is 0 Å². The number of unbranched alkanes of at least 4 members (excludes halogenated alkanes) is 10. The molecule has 2 heterocycles. The van der Waals surface area contributed by atoms with Crippen molar-refractivity contribution in [3.63, 3.8) is 0 Å². The van der Waals surface area contributed by atoms with Crippen LogP contribution in [0.3, 0.4) is 0 Å². The first-order valence-electron chi connectivity index (χ1n) is 21.9. The molecule has 3 aromatic rings. The van der Waals surface area contributed by atoms with Gasteiger partial charge in [0.25, 0.3) is 5.91 Å². The summed E-state index contributed by atoms with van der Waals surface area (Å²) < 4.78 is 18.9. The summed E-state index contributed by atoms with van der Waals surface area (Å²) in [6.07, 6.45) is 13.4. The molecule has 0 aromatic heterocycles. The number of ether oxygens (including phenoxy) is 3. The highest BCUT2D eigenvalue weighted by Gasteiger charge is 2.41. The maximum absolute atomic E-state index is 13.2. The van der Waals surface area contributed by atoms with Crippen molar-refractivity contribution in [2.75, 3.05) is 19.6 Å². The molecule has 0 spiro atoms. The van der Waals surface area contributed by atoms with E-state index in [1.165, 1.54) is 81.9 Å². The fraction of sp³-hybridized carbons (Fsp3) is 0.562. The van der Waals surface area contributed by atoms with Crippen molar-refractivity contribution in [1.82, 2.24) is 15.1 Å². The highest BCUT2D eigenvalue weighted by molar-refractivity contribution is 6.06. The molecule has 316 valence electrons. The minimum Gasteiger partial charge on any atom is -0.445 e. The van der Waals surface area contributed by atoms with Crippen LogP contribution >= 0.6 is 0 Å². The maximum Gasteiger partial charge on any atom is 0.408 e. The molecule has 0 saturated carbocycles. The number of nitrogens with zero attached hydrogens (tertiary/aromatic N) is 2. The average Bonchev–Trinajstić information content (AvgIpc) is 3.50. The highest BCUT2D eigenvalue weighted by atomic mass is 16.7. The minimum atomic E-state index is -0.969. The van der Waals surface area contributed by atoms with Gasteiger partial charge >= 0.3 is 6.09 Å². The van der Waals surface area contributed by atoms with Crippen LogP contribution in [0, 0.1) is 5.92 Å². The van der Waals surface area contributed by atoms with Gasteiger partial charge in [-0.2, -0.15) is 0 Å². The summed E-state index contributed by atoms with van der Waals surface area (Å²) in [7, 11) is 0. The number of likely N-dealkylation sites (tertiary alicyclic amines) is 1. The Morgan fingerprint density at radius 1 is 0.759 bits per heavy atom. The van der Waals surface area contributed by atoms with Gasteiger partial charge in [-0.1, -0.05) is 164 Å². The SMILES string of the molecule is CCCCCCCCN(CCCCCCCC)C[C@H]1O[C@@H](c2ccc(CN3C(=O)CC(NC(=O)OCc4ccccc4)C3=O)cc2)O[C@@H](c2ccc(CO)cc2)[C@H]1C. The van der Waals surface area contributed by atoms with Crippen LogP contribution in [0.4, 0.5) is 4.79 Å². The van der Waals surface area contributed by atoms with E-state index in [1.807, 2.05) is 66.7 Å². The predicted octanol–water partition coefficient (Wildman–Crippen LogP) is 9.55. The minimum absolute atomic E-state index is 0.0129. The van der Waals surface area contributed by atoms with Crippen molar-refractivity contribution in [2.45, 2.75) is 149 Å². The molecule has 2 saturated heterocycles. The molecule has 0 radical (unpaired) electrons. The van der Waals surface area contributed by atoms with Crippen molar-refractivity contribution in [1.29, 1.82) is 0 Å². The quantitative estimate of drug-likeness (QED) is 0.0680. The van der Waals surface area contributed by atoms with E-state index >= 15 is 0 Å². The van der Waals surface area contributed by atoms with Crippen LogP contribution in [-0.4, -0.2) is 64.6 Å². The molecule has 2 N–H and O–H groups in total. The molecule has 1 unspecified atom stereocenters. The lowest BCUT2D eigenvalue weighted by Crippen LogP contribution is -2.45. The summed E-state index contributed by atoms with van der Waals surface area (Å²) in [5, 5.41) is 12.3. The van der Waals surface area contributed by atoms with E-state index in [4.69, 9.17) is 14.2 Å². The molecule has 2 aliphatic rings. The second-order valence-corrected chi connectivity index (χ2v) is 16.2. The van der Waals surface area contributed by atoms with Gasteiger partial charge in [-0.25, -0.2) is 4.79 Å². The zero-order valence-corrected chi connectivity index (χ0v) is 35.1. The molecule has 2 fully saturated rings. The van der Waals surface area contributed by atoms with Crippen molar-refractivity contribution >= 4 is 17.9 Å². The number of nitrogens with one attached hydrogen (secondary N) is 1. The molecule has 3 amide bonds. The van der Waals surface area contributed by atoms with Gasteiger partial charge in [-0.05, 0) is 48.2 Å². The smallest absolute Gasteiger partial charge is 0.408 e. The van der Waals surface area contributed by atoms with Gasteiger partial charge in [0.05, 0.1) is 31.8 Å². The number of amides is 3. The lowest BCUT2D eigenvalue weighted by molar-refractivity contribution is -0.276. The van der Waals surface area contributed by atoms with E-state index in [0.717, 1.165) is 47.5 Å². The number of hydrogen-bond acceptors (Lipinski definition) is 8. The van der Waals surface area contributed by atoms with Crippen LogP contribution < -0.4 is 5.32 Å². The molecule has 5 atom stereocenters. The maximum atomic E-state index is 13.2. The number of carbonyl (C=O) groups excluding carboxylic acids is 3. The summed E-state index contributed by atoms with van der Waals surface area (Å²) >= 11 is 0. The Bertz CT molecular complexity index is 1650. The van der Waals surface area contributed by atoms with Crippen molar-refractivity contribution < 1.29 is 33.7 Å². The Morgan fingerprint density at radius 3 is 1.97 bits per heavy atom. The zero-order valence-electron chi connectivity index (χ0n) is 35.1. The predicted molar refractivity (Wildman–Crippen MR) is 226 cm³/mol. The van der Waals surface area contributed by atoms with Gasteiger partial charge in [-0.3, -0.25) is 14.5 Å². The second kappa shape index (κ2) is 24.1. The number of carbonyl (C=O) groups is 3. The van der Waals surface area contributed by atoms with Crippen molar-refractivity contribution in [2.24, 2.45) is 5.92 Å². The third kappa shape index (κ3) is 13.8. The number of alkyl carbamates (subject to hydrolysis) is 1. The molecule has 2 aliphatic heterocycles. The third-order valence-corrected chi connectivity index (χ3v) is 11.6. The molecule has 3 aromatic carbocycles. The Balaban J connectivity index is 1.24. The lowest BCUT2D eigenvalue weighted by atomic mass is 9.90. The zero-order chi connectivity index (χ0) is 41.1. The first kappa shape index (κ1) is 45.0. The number of benzene rings is 3. The monoisotopic (exact) mass is 797 g/mol. The van der Waals surface area contributed by atoms with Crippen LogP contribution in [0.1, 0.15) is 144 Å². The van der Waals surface area contributed by atoms with Gasteiger partial charge in [0, 0.05) is 18.0 Å². The summed E-state index contributed by atoms with van der Waals surface area (Å²) in [6, 6.07) is 24.0. The summed E-state index contributed by atoms with van der Waals surface area (Å²) in [5.74, 6) is -0.723. The number of aliphatic hydroxyl groups excluding tert-OH is 1. The number of hydrogen-bond donors (Lipinski definition) is 2. The molecule has 0 bridgehead atoms. The first-order valence-corrected chi connectivity index (χ1v) is 21.9. The number of rotatable bonds is 24. The topological polar surface area (TPSA) is 118 Å². The van der Waals surface area contributed by atoms with Gasteiger partial charge in [0.2, 0.25) is 5.91 Å². The average molecular weight is 798 g/mol. The number of aliphatic hydroxyl groups is 1. The summed E-state index contributed by atoms with van der Waals surface area (Å²) in [6.45, 7) is 9.82. The van der Waals surface area contributed by atoms with E-state index in [2.05, 4.69) is 43.1 Å². The number of imide groups is 1. The second-order valence-electron chi connectivity index (χ2n) is 16.2. The highest BCUT2D eigenvalue weighted by Crippen LogP contribution is 2.42. The fourth-order valence-electron chi connectivity index (χ4n) is 7.94. The first-order chi connectivity index (χ1) is 28.3. The molecule has 58 heavy (non-hydrogen) atoms. The third-order valence-electron chi connectivity index (χ3n) is 11.6. The summed E-state index contributed by atoms with van der Waals surface area (Å²) in [5.41, 5.74) is 4.37. The van der Waals surface area contributed by atoms with Gasteiger partial charge in [-0.15, -0.1) is 0 Å². The largest absolute Gasteiger partial charge is 0.445 e. The van der Waals surface area contributed by atoms with E-state index < -0.39 is 24.3 Å². The Labute approximate surface area is 346 Å². The van der Waals surface area contributed by atoms with E-state index in [0.29, 0.717) is 0 Å². The fourth-order valence-corrected chi connectivity index (χ4v) is 7.94. The van der Waals surface area contributed by atoms with Gasteiger partial charge < -0.3 is 29.5 Å². The van der Waals surface area contributed by atoms with Crippen molar-refractivity contribution in [3.05, 3.63) is 107 Å². The van der Waals surface area contributed by atoms with Gasteiger partial charge in [0.15, 0.2) is 6.29 Å². The standard InChI is InChI=1S/C48H67N3O7/c1-4-6-8-10-12-17-29-50(30-18-13-11-9-7-5-2)33-43-36(3)45(40-25-23-38(34-52)24-26-40)58-47(57-43)41-27-21-37(22-28-41)32-51-44(53)31-42(46(51)54)49-48(55)56-35-39-19-15-14-16-20-39/h14-16,19-28,36,42-43,45,47,52H,4-13,17-18,29-35H2,1-3H3,(H,49,55)/t36-,42?,43+,45+,47+/m0/s1. The van der Waals surface area contributed by atoms with Crippen LogP contribution in [0.15, 0.2) is 78.9 Å². The van der Waals surface area contributed by atoms with E-state index in [1.54, 1.807) is 0 Å². The Hall–Kier alpha value is -4.09. The molecule has 10 nitrogen and oxygen atoms in total. The normalized spacial score (nSPS) is 20.8. The molecular weight excluding hydrogens is 731 g/mol.